The van der Waals surface area contributed by atoms with Crippen LogP contribution in [0.2, 0.25) is 0 Å². The Bertz CT molecular complexity index is 777. The van der Waals surface area contributed by atoms with Gasteiger partial charge in [-0.05, 0) is 49.9 Å². The van der Waals surface area contributed by atoms with E-state index in [0.29, 0.717) is 6.54 Å². The van der Waals surface area contributed by atoms with Crippen molar-refractivity contribution in [2.24, 2.45) is 5.73 Å². The maximum absolute atomic E-state index is 12.7. The molecule has 136 valence electrons. The van der Waals surface area contributed by atoms with Crippen molar-refractivity contribution in [3.05, 3.63) is 24.3 Å². The molecule has 0 spiro atoms. The number of benzene rings is 1. The van der Waals surface area contributed by atoms with Crippen LogP contribution < -0.4 is 10.5 Å². The zero-order valence-electron chi connectivity index (χ0n) is 13.1. The molecule has 3 N–H and O–H groups in total. The summed E-state index contributed by atoms with van der Waals surface area (Å²) in [5, 5.41) is 0. The number of nitrogens with one attached hydrogen (secondary N) is 1. The second-order valence-corrected chi connectivity index (χ2v) is 9.62. The Morgan fingerprint density at radius 1 is 1.04 bits per heavy atom. The van der Waals surface area contributed by atoms with E-state index in [-0.39, 0.29) is 40.8 Å². The number of sulfonamides is 2. The summed E-state index contributed by atoms with van der Waals surface area (Å²) in [6.45, 7) is 0.741. The van der Waals surface area contributed by atoms with Crippen LogP contribution >= 0.6 is 12.4 Å². The lowest BCUT2D eigenvalue weighted by atomic mass is 10.2. The molecule has 10 heteroatoms. The molecule has 0 bridgehead atoms. The second kappa shape index (κ2) is 7.27. The van der Waals surface area contributed by atoms with Gasteiger partial charge in [-0.25, -0.2) is 21.6 Å². The van der Waals surface area contributed by atoms with Crippen molar-refractivity contribution < 1.29 is 16.8 Å². The molecule has 1 aliphatic heterocycles. The molecule has 2 aliphatic rings. The smallest absolute Gasteiger partial charge is 0.243 e. The second-order valence-electron chi connectivity index (χ2n) is 6.01. The summed E-state index contributed by atoms with van der Waals surface area (Å²) in [6.07, 6.45) is 3.24. The minimum Gasteiger partial charge on any atom is -0.329 e. The highest BCUT2D eigenvalue weighted by Gasteiger charge is 2.34. The van der Waals surface area contributed by atoms with Crippen molar-refractivity contribution in [3.8, 4) is 0 Å². The minimum atomic E-state index is -3.63. The van der Waals surface area contributed by atoms with Crippen LogP contribution in [0.15, 0.2) is 34.1 Å². The Balaban J connectivity index is 0.00000208. The predicted molar refractivity (Wildman–Crippen MR) is 93.0 cm³/mol. The van der Waals surface area contributed by atoms with Gasteiger partial charge in [0.25, 0.3) is 0 Å². The van der Waals surface area contributed by atoms with Gasteiger partial charge in [-0.1, -0.05) is 0 Å². The summed E-state index contributed by atoms with van der Waals surface area (Å²) in [5.41, 5.74) is 5.64. The quantitative estimate of drug-likeness (QED) is 0.735. The molecular formula is C14H22ClN3O4S2. The number of hydrogen-bond donors (Lipinski definition) is 2. The monoisotopic (exact) mass is 395 g/mol. The Morgan fingerprint density at radius 3 is 2.17 bits per heavy atom. The maximum Gasteiger partial charge on any atom is 0.243 e. The first-order chi connectivity index (χ1) is 10.8. The largest absolute Gasteiger partial charge is 0.329 e. The van der Waals surface area contributed by atoms with E-state index in [1.165, 1.54) is 28.6 Å². The predicted octanol–water partition coefficient (Wildman–Crippen LogP) is 0.661. The number of hydrogen-bond acceptors (Lipinski definition) is 5. The van der Waals surface area contributed by atoms with Crippen LogP contribution in [0.5, 0.6) is 0 Å². The Morgan fingerprint density at radius 2 is 1.62 bits per heavy atom. The normalized spacial score (nSPS) is 22.3. The summed E-state index contributed by atoms with van der Waals surface area (Å²) in [5.74, 6) is 0. The van der Waals surface area contributed by atoms with Gasteiger partial charge in [0.05, 0.1) is 9.79 Å². The van der Waals surface area contributed by atoms with E-state index in [4.69, 9.17) is 5.73 Å². The van der Waals surface area contributed by atoms with Gasteiger partial charge in [0.2, 0.25) is 20.0 Å². The molecule has 24 heavy (non-hydrogen) atoms. The molecule has 1 aromatic carbocycles. The van der Waals surface area contributed by atoms with Gasteiger partial charge in [-0.3, -0.25) is 0 Å². The van der Waals surface area contributed by atoms with E-state index in [0.717, 1.165) is 25.7 Å². The van der Waals surface area contributed by atoms with Gasteiger partial charge < -0.3 is 5.73 Å². The molecule has 7 nitrogen and oxygen atoms in total. The highest BCUT2D eigenvalue weighted by molar-refractivity contribution is 7.89. The van der Waals surface area contributed by atoms with Gasteiger partial charge in [-0.15, -0.1) is 12.4 Å². The van der Waals surface area contributed by atoms with E-state index in [9.17, 15) is 16.8 Å². The van der Waals surface area contributed by atoms with E-state index >= 15 is 0 Å². The average molecular weight is 396 g/mol. The molecule has 1 saturated heterocycles. The van der Waals surface area contributed by atoms with E-state index < -0.39 is 20.0 Å². The highest BCUT2D eigenvalue weighted by Crippen LogP contribution is 2.27. The first-order valence-electron chi connectivity index (χ1n) is 7.69. The lowest BCUT2D eigenvalue weighted by Gasteiger charge is -2.22. The van der Waals surface area contributed by atoms with Crippen LogP contribution in [0.3, 0.4) is 0 Å². The van der Waals surface area contributed by atoms with Crippen LogP contribution in [0.4, 0.5) is 0 Å². The summed E-state index contributed by atoms with van der Waals surface area (Å²) in [4.78, 5) is 0.184. The summed E-state index contributed by atoms with van der Waals surface area (Å²) in [6, 6.07) is 5.21. The van der Waals surface area contributed by atoms with Crippen molar-refractivity contribution in [2.45, 2.75) is 47.6 Å². The van der Waals surface area contributed by atoms with Gasteiger partial charge in [-0.2, -0.15) is 4.31 Å². The van der Waals surface area contributed by atoms with Gasteiger partial charge in [0.15, 0.2) is 0 Å². The van der Waals surface area contributed by atoms with Crippen molar-refractivity contribution in [2.75, 3.05) is 13.1 Å². The zero-order chi connectivity index (χ0) is 16.7. The first-order valence-corrected chi connectivity index (χ1v) is 10.6. The Hall–Kier alpha value is -0.710. The third-order valence-electron chi connectivity index (χ3n) is 4.23. The van der Waals surface area contributed by atoms with Crippen LogP contribution in [0, 0.1) is 0 Å². The zero-order valence-corrected chi connectivity index (χ0v) is 15.5. The lowest BCUT2D eigenvalue weighted by molar-refractivity contribution is 0.393. The molecule has 0 radical (unpaired) electrons. The van der Waals surface area contributed by atoms with Crippen LogP contribution in [0.25, 0.3) is 0 Å². The number of nitrogens with two attached hydrogens (primary N) is 1. The van der Waals surface area contributed by atoms with Gasteiger partial charge in [0.1, 0.15) is 0 Å². The number of nitrogens with zero attached hydrogens (tertiary/aromatic N) is 1. The molecule has 0 amide bonds. The number of rotatable bonds is 6. The molecular weight excluding hydrogens is 374 g/mol. The summed E-state index contributed by atoms with van der Waals surface area (Å²) >= 11 is 0. The number of halogens is 1. The minimum absolute atomic E-state index is 0. The van der Waals surface area contributed by atoms with E-state index in [1.807, 2.05) is 0 Å². The van der Waals surface area contributed by atoms with Gasteiger partial charge in [0, 0.05) is 25.2 Å². The Labute approximate surface area is 149 Å². The molecule has 1 heterocycles. The lowest BCUT2D eigenvalue weighted by Crippen LogP contribution is -2.39. The van der Waals surface area contributed by atoms with Crippen LogP contribution in [0.1, 0.15) is 25.7 Å². The maximum atomic E-state index is 12.7. The van der Waals surface area contributed by atoms with Gasteiger partial charge >= 0.3 is 0 Å². The SMILES string of the molecule is Cl.NCC1CCCN1S(=O)(=O)c1ccc(S(=O)(=O)NC2CC2)cc1. The Kier molecular flexibility index (Phi) is 5.94. The summed E-state index contributed by atoms with van der Waals surface area (Å²) < 4.78 is 53.5. The van der Waals surface area contributed by atoms with Crippen LogP contribution in [-0.2, 0) is 20.0 Å². The van der Waals surface area contributed by atoms with E-state index in [2.05, 4.69) is 4.72 Å². The third kappa shape index (κ3) is 3.92. The highest BCUT2D eigenvalue weighted by atomic mass is 35.5. The molecule has 1 saturated carbocycles. The molecule has 1 unspecified atom stereocenters. The van der Waals surface area contributed by atoms with E-state index in [1.54, 1.807) is 0 Å². The summed E-state index contributed by atoms with van der Waals surface area (Å²) in [7, 11) is -7.21. The first kappa shape index (κ1) is 19.6. The fourth-order valence-corrected chi connectivity index (χ4v) is 5.79. The fourth-order valence-electron chi connectivity index (χ4n) is 2.78. The molecule has 1 aliphatic carbocycles. The molecule has 0 aromatic heterocycles. The fraction of sp³-hybridized carbons (Fsp3) is 0.571. The van der Waals surface area contributed by atoms with Crippen molar-refractivity contribution in [1.29, 1.82) is 0 Å². The molecule has 1 atom stereocenters. The van der Waals surface area contributed by atoms with Crippen molar-refractivity contribution in [3.63, 3.8) is 0 Å². The molecule has 3 rings (SSSR count). The standard InChI is InChI=1S/C14H21N3O4S2.ClH/c15-10-12-2-1-9-17(12)23(20,21)14-7-5-13(6-8-14)22(18,19)16-11-3-4-11;/h5-8,11-12,16H,1-4,9-10,15H2;1H. The topological polar surface area (TPSA) is 110 Å². The van der Waals surface area contributed by atoms with Crippen LogP contribution in [-0.4, -0.2) is 46.3 Å². The third-order valence-corrected chi connectivity index (χ3v) is 7.74. The van der Waals surface area contributed by atoms with Crippen molar-refractivity contribution in [1.82, 2.24) is 9.03 Å². The molecule has 2 fully saturated rings. The average Bonchev–Trinajstić information content (AvgIpc) is 3.18. The van der Waals surface area contributed by atoms with Crippen molar-refractivity contribution >= 4 is 32.5 Å². The molecule has 1 aromatic rings.